The van der Waals surface area contributed by atoms with Crippen molar-refractivity contribution in [3.63, 3.8) is 0 Å². The Labute approximate surface area is 310 Å². The highest BCUT2D eigenvalue weighted by atomic mass is 32.3. The summed E-state index contributed by atoms with van der Waals surface area (Å²) in [4.78, 5) is 0. The van der Waals surface area contributed by atoms with Crippen molar-refractivity contribution in [2.24, 2.45) is 0 Å². The van der Waals surface area contributed by atoms with Gasteiger partial charge >= 0.3 is 10.4 Å². The largest absolute Gasteiger partial charge is 0.506 e. The maximum atomic E-state index is 9.92. The van der Waals surface area contributed by atoms with E-state index in [1.807, 2.05) is 182 Å². The minimum atomic E-state index is -4.67. The van der Waals surface area contributed by atoms with Crippen LogP contribution in [0.5, 0.6) is 11.5 Å². The van der Waals surface area contributed by atoms with Crippen LogP contribution in [0.2, 0.25) is 0 Å². The molecule has 0 aliphatic heterocycles. The van der Waals surface area contributed by atoms with Crippen LogP contribution in [0.4, 0.5) is 11.4 Å². The molecule has 8 nitrogen and oxygen atoms in total. The molecule has 0 saturated heterocycles. The van der Waals surface area contributed by atoms with E-state index >= 15 is 0 Å². The average Bonchev–Trinajstić information content (AvgIpc) is 3.16. The first-order valence-electron chi connectivity index (χ1n) is 16.3. The molecule has 0 aromatic heterocycles. The van der Waals surface area contributed by atoms with E-state index in [1.54, 1.807) is 12.1 Å². The minimum Gasteiger partial charge on any atom is -0.506 e. The second kappa shape index (κ2) is 19.7. The summed E-state index contributed by atoms with van der Waals surface area (Å²) in [6.07, 6.45) is 15.9. The molecule has 0 aliphatic carbocycles. The van der Waals surface area contributed by atoms with Crippen LogP contribution in [0.15, 0.2) is 146 Å². The summed E-state index contributed by atoms with van der Waals surface area (Å²) in [5.41, 5.74) is 20.9. The Balaban J connectivity index is 0.000000210. The van der Waals surface area contributed by atoms with E-state index in [0.29, 0.717) is 11.4 Å². The summed E-state index contributed by atoms with van der Waals surface area (Å²) in [5, 5.41) is 19.8. The van der Waals surface area contributed by atoms with Gasteiger partial charge in [0, 0.05) is 11.1 Å². The van der Waals surface area contributed by atoms with E-state index in [0.717, 1.165) is 44.5 Å². The Morgan fingerprint density at radius 1 is 0.377 bits per heavy atom. The molecule has 0 saturated carbocycles. The number of phenols is 2. The van der Waals surface area contributed by atoms with Gasteiger partial charge < -0.3 is 21.7 Å². The van der Waals surface area contributed by atoms with Gasteiger partial charge in [0.1, 0.15) is 11.5 Å². The molecule has 0 heterocycles. The molecule has 268 valence electrons. The van der Waals surface area contributed by atoms with E-state index in [-0.39, 0.29) is 11.5 Å². The number of nitrogens with two attached hydrogens (primary N) is 2. The zero-order chi connectivity index (χ0) is 38.1. The van der Waals surface area contributed by atoms with Crippen molar-refractivity contribution in [1.82, 2.24) is 0 Å². The van der Waals surface area contributed by atoms with Crippen LogP contribution in [0, 0.1) is 0 Å². The van der Waals surface area contributed by atoms with Gasteiger partial charge in [0.15, 0.2) is 0 Å². The number of anilines is 2. The summed E-state index contributed by atoms with van der Waals surface area (Å²) in [6.45, 7) is 0. The predicted molar refractivity (Wildman–Crippen MR) is 221 cm³/mol. The van der Waals surface area contributed by atoms with Crippen LogP contribution >= 0.6 is 0 Å². The molecule has 0 aliphatic rings. The van der Waals surface area contributed by atoms with Gasteiger partial charge in [-0.3, -0.25) is 9.11 Å². The Kier molecular flexibility index (Phi) is 14.5. The highest BCUT2D eigenvalue weighted by molar-refractivity contribution is 7.79. The normalized spacial score (nSPS) is 11.4. The highest BCUT2D eigenvalue weighted by Crippen LogP contribution is 2.31. The molecule has 0 unspecified atom stereocenters. The molecule has 6 rings (SSSR count). The van der Waals surface area contributed by atoms with Crippen molar-refractivity contribution in [3.8, 4) is 11.5 Å². The number of hydrogen-bond acceptors (Lipinski definition) is 6. The molecule has 6 aromatic rings. The van der Waals surface area contributed by atoms with Gasteiger partial charge in [-0.2, -0.15) is 8.42 Å². The summed E-state index contributed by atoms with van der Waals surface area (Å²) < 4.78 is 31.6. The fraction of sp³-hybridized carbons (Fsp3) is 0. The van der Waals surface area contributed by atoms with Crippen molar-refractivity contribution < 1.29 is 27.7 Å². The predicted octanol–water partition coefficient (Wildman–Crippen LogP) is 9.98. The standard InChI is InChI=1S/2C22H19NO.H2O4S/c2*23-22-20(15-12-18-9-5-2-6-10-18)19(14-16-21(22)24)13-11-17-7-3-1-4-8-17;1-5(2,3)4/h2*1-16,24H,23H2;(H2,1,2,3,4). The van der Waals surface area contributed by atoms with Gasteiger partial charge in [-0.15, -0.1) is 0 Å². The van der Waals surface area contributed by atoms with Crippen LogP contribution in [-0.4, -0.2) is 27.7 Å². The van der Waals surface area contributed by atoms with E-state index < -0.39 is 10.4 Å². The quantitative estimate of drug-likeness (QED) is 0.0390. The van der Waals surface area contributed by atoms with Crippen LogP contribution in [0.3, 0.4) is 0 Å². The summed E-state index contributed by atoms with van der Waals surface area (Å²) in [6, 6.07) is 47.1. The summed E-state index contributed by atoms with van der Waals surface area (Å²) in [5.74, 6) is 0.194. The smallest absolute Gasteiger partial charge is 0.394 e. The molecule has 0 amide bonds. The van der Waals surface area contributed by atoms with Crippen LogP contribution in [0.25, 0.3) is 48.6 Å². The second-order valence-corrected chi connectivity index (χ2v) is 12.3. The van der Waals surface area contributed by atoms with Gasteiger partial charge in [-0.25, -0.2) is 0 Å². The lowest BCUT2D eigenvalue weighted by Crippen LogP contribution is -1.93. The topological polar surface area (TPSA) is 167 Å². The lowest BCUT2D eigenvalue weighted by atomic mass is 10.0. The first-order valence-corrected chi connectivity index (χ1v) is 17.7. The van der Waals surface area contributed by atoms with Gasteiger partial charge in [0.25, 0.3) is 0 Å². The molecule has 0 spiro atoms. The molecule has 0 fully saturated rings. The molecule has 6 aromatic carbocycles. The third-order valence-electron chi connectivity index (χ3n) is 7.59. The molecular formula is C44H40N2O6S. The monoisotopic (exact) mass is 724 g/mol. The van der Waals surface area contributed by atoms with Gasteiger partial charge in [0.05, 0.1) is 11.4 Å². The average molecular weight is 725 g/mol. The molecule has 0 radical (unpaired) electrons. The number of phenolic OH excluding ortho intramolecular Hbond substituents is 2. The van der Waals surface area contributed by atoms with E-state index in [4.69, 9.17) is 29.0 Å². The Hall–Kier alpha value is -6.65. The summed E-state index contributed by atoms with van der Waals surface area (Å²) >= 11 is 0. The number of aromatic hydroxyl groups is 2. The molecule has 0 bridgehead atoms. The van der Waals surface area contributed by atoms with Gasteiger partial charge in [-0.05, 0) is 45.5 Å². The van der Waals surface area contributed by atoms with Crippen molar-refractivity contribution in [3.05, 3.63) is 190 Å². The van der Waals surface area contributed by atoms with Gasteiger partial charge in [-0.1, -0.05) is 182 Å². The number of benzene rings is 6. The van der Waals surface area contributed by atoms with E-state index in [9.17, 15) is 10.2 Å². The zero-order valence-corrected chi connectivity index (χ0v) is 29.5. The minimum absolute atomic E-state index is 0.0968. The van der Waals surface area contributed by atoms with Crippen molar-refractivity contribution in [2.45, 2.75) is 0 Å². The Morgan fingerprint density at radius 2 is 0.623 bits per heavy atom. The van der Waals surface area contributed by atoms with Crippen LogP contribution in [0.1, 0.15) is 44.5 Å². The zero-order valence-electron chi connectivity index (χ0n) is 28.6. The second-order valence-electron chi connectivity index (χ2n) is 11.4. The molecule has 0 atom stereocenters. The molecule has 53 heavy (non-hydrogen) atoms. The Morgan fingerprint density at radius 3 is 0.887 bits per heavy atom. The summed E-state index contributed by atoms with van der Waals surface area (Å²) in [7, 11) is -4.67. The van der Waals surface area contributed by atoms with E-state index in [2.05, 4.69) is 0 Å². The fourth-order valence-corrected chi connectivity index (χ4v) is 4.93. The SMILES string of the molecule is Nc1c(O)ccc(C=Cc2ccccc2)c1C=Cc1ccccc1.Nc1c(O)ccc(C=Cc2ccccc2)c1C=Cc1ccccc1.O=S(=O)(O)O. The number of hydrogen-bond donors (Lipinski definition) is 6. The molecular weight excluding hydrogens is 685 g/mol. The molecule has 9 heteroatoms. The lowest BCUT2D eigenvalue weighted by molar-refractivity contribution is 0.381. The Bertz CT molecular complexity index is 2130. The third-order valence-corrected chi connectivity index (χ3v) is 7.59. The number of nitrogen functional groups attached to an aromatic ring is 2. The first-order chi connectivity index (χ1) is 25.5. The van der Waals surface area contributed by atoms with Gasteiger partial charge in [0.2, 0.25) is 0 Å². The van der Waals surface area contributed by atoms with Crippen molar-refractivity contribution in [1.29, 1.82) is 0 Å². The third kappa shape index (κ3) is 13.5. The van der Waals surface area contributed by atoms with Crippen molar-refractivity contribution in [2.75, 3.05) is 11.5 Å². The van der Waals surface area contributed by atoms with Crippen LogP contribution < -0.4 is 11.5 Å². The maximum absolute atomic E-state index is 9.92. The molecule has 8 N–H and O–H groups in total. The lowest BCUT2D eigenvalue weighted by Gasteiger charge is -2.08. The maximum Gasteiger partial charge on any atom is 0.394 e. The first kappa shape index (κ1) is 39.1. The number of rotatable bonds is 8. The van der Waals surface area contributed by atoms with Crippen molar-refractivity contribution >= 4 is 70.4 Å². The van der Waals surface area contributed by atoms with Crippen LogP contribution in [-0.2, 0) is 10.4 Å². The van der Waals surface area contributed by atoms with E-state index in [1.165, 1.54) is 0 Å². The fourth-order valence-electron chi connectivity index (χ4n) is 4.93. The highest BCUT2D eigenvalue weighted by Gasteiger charge is 2.07.